The summed E-state index contributed by atoms with van der Waals surface area (Å²) in [6.45, 7) is 14.3. The van der Waals surface area contributed by atoms with Gasteiger partial charge in [0, 0.05) is 13.7 Å². The van der Waals surface area contributed by atoms with Gasteiger partial charge in [0.05, 0.1) is 6.61 Å². The average Bonchev–Trinajstić information content (AvgIpc) is 3.03. The molecule has 0 saturated heterocycles. The highest BCUT2D eigenvalue weighted by atomic mass is 19.2. The van der Waals surface area contributed by atoms with Crippen LogP contribution in [0.25, 0.3) is 0 Å². The second-order valence-electron chi connectivity index (χ2n) is 10.6. The number of methoxy groups -OCH3 is 1. The number of para-hydroxylation sites is 1. The third kappa shape index (κ3) is 20.0. The summed E-state index contributed by atoms with van der Waals surface area (Å²) >= 11 is 0. The molecule has 0 aromatic heterocycles. The van der Waals surface area contributed by atoms with Crippen LogP contribution in [0.2, 0.25) is 0 Å². The number of unbranched alkanes of at least 4 members (excludes halogenated alkanes) is 7. The molecule has 0 saturated carbocycles. The molecule has 0 aliphatic rings. The number of hydrogen-bond acceptors (Lipinski definition) is 2. The van der Waals surface area contributed by atoms with Crippen LogP contribution in [-0.4, -0.2) is 20.3 Å². The molecule has 0 spiro atoms. The molecule has 0 atom stereocenters. The van der Waals surface area contributed by atoms with Gasteiger partial charge in [0.1, 0.15) is 5.75 Å². The molecule has 43 heavy (non-hydrogen) atoms. The van der Waals surface area contributed by atoms with E-state index in [-0.39, 0.29) is 0 Å². The fraction of sp³-hybridized carbons (Fsp3) is 0.538. The van der Waals surface area contributed by atoms with Crippen LogP contribution in [0, 0.1) is 25.5 Å². The van der Waals surface area contributed by atoms with Crippen LogP contribution in [0.5, 0.6) is 5.75 Å². The number of hydrogen-bond donors (Lipinski definition) is 0. The molecular weight excluding hydrogens is 538 g/mol. The van der Waals surface area contributed by atoms with Crippen LogP contribution < -0.4 is 4.74 Å². The van der Waals surface area contributed by atoms with Crippen molar-refractivity contribution in [2.75, 3.05) is 20.3 Å². The van der Waals surface area contributed by atoms with Gasteiger partial charge in [0.15, 0.2) is 11.6 Å². The van der Waals surface area contributed by atoms with Gasteiger partial charge in [-0.05, 0) is 86.8 Å². The van der Waals surface area contributed by atoms with Crippen molar-refractivity contribution in [3.05, 3.63) is 101 Å². The first-order chi connectivity index (χ1) is 20.9. The van der Waals surface area contributed by atoms with Gasteiger partial charge in [0.25, 0.3) is 0 Å². The van der Waals surface area contributed by atoms with E-state index in [1.807, 2.05) is 32.0 Å². The summed E-state index contributed by atoms with van der Waals surface area (Å²) in [5.74, 6) is -0.438. The molecule has 3 rings (SSSR count). The summed E-state index contributed by atoms with van der Waals surface area (Å²) in [7, 11) is 1.66. The van der Waals surface area contributed by atoms with Gasteiger partial charge in [-0.3, -0.25) is 0 Å². The van der Waals surface area contributed by atoms with E-state index in [4.69, 9.17) is 9.47 Å². The Kier molecular flexibility index (Phi) is 26.3. The maximum absolute atomic E-state index is 13.2. The van der Waals surface area contributed by atoms with E-state index in [1.165, 1.54) is 61.6 Å². The van der Waals surface area contributed by atoms with Crippen molar-refractivity contribution in [2.24, 2.45) is 0 Å². The Bertz CT molecular complexity index is 997. The van der Waals surface area contributed by atoms with Crippen molar-refractivity contribution in [3.8, 4) is 5.75 Å². The van der Waals surface area contributed by atoms with Crippen molar-refractivity contribution in [1.82, 2.24) is 0 Å². The summed E-state index contributed by atoms with van der Waals surface area (Å²) < 4.78 is 36.5. The summed E-state index contributed by atoms with van der Waals surface area (Å²) in [5, 5.41) is 0. The van der Waals surface area contributed by atoms with Crippen molar-refractivity contribution in [2.45, 2.75) is 119 Å². The van der Waals surface area contributed by atoms with Gasteiger partial charge in [-0.25, -0.2) is 8.78 Å². The van der Waals surface area contributed by atoms with E-state index in [2.05, 4.69) is 58.0 Å². The Morgan fingerprint density at radius 2 is 1.09 bits per heavy atom. The smallest absolute Gasteiger partial charge is 0.162 e. The fourth-order valence-electron chi connectivity index (χ4n) is 4.37. The zero-order valence-electron chi connectivity index (χ0n) is 28.3. The standard InChI is InChI=1S/C13H20.C12H16F2O.C12H18O.C2H6/c1-3-4-5-6-10-13-11-8-7-9-12(13)2;1-15-9-4-2-3-6-10-7-5-8-11(13)12(10)14;1-3-4-7-10-13-12-9-6-5-8-11(12)2;1-2/h7-9,11H,3-6,10H2,1-2H3;5,7-8H,2-4,6,9H2,1H3;5-6,8-9H,3-4,7,10H2,1-2H3;1-2H3. The quantitative estimate of drug-likeness (QED) is 0.153. The van der Waals surface area contributed by atoms with Crippen molar-refractivity contribution in [1.29, 1.82) is 0 Å². The van der Waals surface area contributed by atoms with E-state index in [0.29, 0.717) is 12.0 Å². The average molecular weight is 599 g/mol. The lowest BCUT2D eigenvalue weighted by molar-refractivity contribution is 0.192. The lowest BCUT2D eigenvalue weighted by Crippen LogP contribution is -1.98. The molecule has 0 bridgehead atoms. The predicted molar refractivity (Wildman–Crippen MR) is 182 cm³/mol. The molecule has 2 nitrogen and oxygen atoms in total. The monoisotopic (exact) mass is 598 g/mol. The van der Waals surface area contributed by atoms with E-state index in [1.54, 1.807) is 19.2 Å². The van der Waals surface area contributed by atoms with Crippen molar-refractivity contribution < 1.29 is 18.3 Å². The molecule has 0 fully saturated rings. The minimum Gasteiger partial charge on any atom is -0.493 e. The lowest BCUT2D eigenvalue weighted by atomic mass is 10.0. The first kappa shape index (κ1) is 40.3. The molecule has 3 aromatic rings. The van der Waals surface area contributed by atoms with Gasteiger partial charge >= 0.3 is 0 Å². The van der Waals surface area contributed by atoms with Crippen molar-refractivity contribution >= 4 is 0 Å². The van der Waals surface area contributed by atoms with Crippen LogP contribution in [0.15, 0.2) is 66.7 Å². The zero-order valence-corrected chi connectivity index (χ0v) is 28.3. The molecule has 0 aliphatic heterocycles. The largest absolute Gasteiger partial charge is 0.493 e. The maximum Gasteiger partial charge on any atom is 0.162 e. The Hall–Kier alpha value is -2.72. The molecular formula is C39H60F2O2. The topological polar surface area (TPSA) is 18.5 Å². The predicted octanol–water partition coefficient (Wildman–Crippen LogP) is 12.0. The number of benzene rings is 3. The van der Waals surface area contributed by atoms with E-state index >= 15 is 0 Å². The molecule has 4 heteroatoms. The Labute approximate surface area is 263 Å². The van der Waals surface area contributed by atoms with Gasteiger partial charge in [-0.15, -0.1) is 0 Å². The third-order valence-electron chi connectivity index (χ3n) is 6.99. The van der Waals surface area contributed by atoms with E-state index in [9.17, 15) is 8.78 Å². The molecule has 0 aliphatic carbocycles. The Morgan fingerprint density at radius 1 is 0.558 bits per heavy atom. The number of halogens is 2. The second-order valence-corrected chi connectivity index (χ2v) is 10.6. The maximum atomic E-state index is 13.2. The minimum absolute atomic E-state index is 0.465. The highest BCUT2D eigenvalue weighted by molar-refractivity contribution is 5.31. The molecule has 0 unspecified atom stereocenters. The lowest BCUT2D eigenvalue weighted by Gasteiger charge is -2.07. The van der Waals surface area contributed by atoms with Gasteiger partial charge < -0.3 is 9.47 Å². The summed E-state index contributed by atoms with van der Waals surface area (Å²) in [4.78, 5) is 0. The number of ether oxygens (including phenoxy) is 2. The number of rotatable bonds is 16. The fourth-order valence-corrected chi connectivity index (χ4v) is 4.37. The molecule has 0 radical (unpaired) electrons. The molecule has 242 valence electrons. The second kappa shape index (κ2) is 28.1. The zero-order chi connectivity index (χ0) is 32.1. The minimum atomic E-state index is -0.760. The molecule has 0 N–H and O–H groups in total. The van der Waals surface area contributed by atoms with E-state index < -0.39 is 11.6 Å². The van der Waals surface area contributed by atoms with E-state index in [0.717, 1.165) is 50.7 Å². The highest BCUT2D eigenvalue weighted by Gasteiger charge is 2.06. The van der Waals surface area contributed by atoms with Gasteiger partial charge in [-0.2, -0.15) is 0 Å². The molecule has 0 amide bonds. The SMILES string of the molecule is CC.CCCCCCc1ccccc1C.CCCCCOc1ccccc1C.COCCCCCc1cccc(F)c1F. The van der Waals surface area contributed by atoms with Crippen molar-refractivity contribution in [3.63, 3.8) is 0 Å². The van der Waals surface area contributed by atoms with Crippen LogP contribution in [-0.2, 0) is 17.6 Å². The Balaban J connectivity index is 0.000000599. The number of aryl methyl sites for hydroxylation is 4. The summed E-state index contributed by atoms with van der Waals surface area (Å²) in [6.07, 6.45) is 13.7. The van der Waals surface area contributed by atoms with Gasteiger partial charge in [-0.1, -0.05) is 121 Å². The summed E-state index contributed by atoms with van der Waals surface area (Å²) in [6, 6.07) is 21.2. The van der Waals surface area contributed by atoms with Crippen LogP contribution >= 0.6 is 0 Å². The Morgan fingerprint density at radius 3 is 1.72 bits per heavy atom. The molecule has 3 aromatic carbocycles. The highest BCUT2D eigenvalue weighted by Crippen LogP contribution is 2.17. The normalized spacial score (nSPS) is 9.98. The summed E-state index contributed by atoms with van der Waals surface area (Å²) in [5.41, 5.74) is 4.66. The first-order valence-electron chi connectivity index (χ1n) is 16.6. The molecule has 0 heterocycles. The van der Waals surface area contributed by atoms with Crippen LogP contribution in [0.3, 0.4) is 0 Å². The van der Waals surface area contributed by atoms with Crippen LogP contribution in [0.4, 0.5) is 8.78 Å². The first-order valence-corrected chi connectivity index (χ1v) is 16.6. The van der Waals surface area contributed by atoms with Crippen LogP contribution in [0.1, 0.15) is 114 Å². The van der Waals surface area contributed by atoms with Gasteiger partial charge in [0.2, 0.25) is 0 Å². The third-order valence-corrected chi connectivity index (χ3v) is 6.99.